The fraction of sp³-hybridized carbons (Fsp3) is 0.625. The van der Waals surface area contributed by atoms with Crippen LogP contribution in [0.2, 0.25) is 0 Å². The monoisotopic (exact) mass is 218 g/mol. The SMILES string of the molecule is CCC(C)(C#CBr)OC(C)=O. The molecule has 0 aromatic carbocycles. The minimum Gasteiger partial charge on any atom is -0.446 e. The lowest BCUT2D eigenvalue weighted by molar-refractivity contribution is -0.150. The highest BCUT2D eigenvalue weighted by Crippen LogP contribution is 2.13. The second kappa shape index (κ2) is 4.40. The Kier molecular flexibility index (Phi) is 4.20. The van der Waals surface area contributed by atoms with Gasteiger partial charge in [0.25, 0.3) is 0 Å². The van der Waals surface area contributed by atoms with E-state index < -0.39 is 5.60 Å². The molecule has 0 saturated carbocycles. The first kappa shape index (κ1) is 10.5. The molecular formula is C8H11BrO2. The van der Waals surface area contributed by atoms with Crippen LogP contribution < -0.4 is 0 Å². The van der Waals surface area contributed by atoms with Crippen LogP contribution in [0.5, 0.6) is 0 Å². The second-order valence-corrected chi connectivity index (χ2v) is 2.79. The average molecular weight is 219 g/mol. The lowest BCUT2D eigenvalue weighted by atomic mass is 10.1. The van der Waals surface area contributed by atoms with Gasteiger partial charge < -0.3 is 4.74 Å². The van der Waals surface area contributed by atoms with Gasteiger partial charge in [0.15, 0.2) is 5.60 Å². The number of esters is 1. The fourth-order valence-corrected chi connectivity index (χ4v) is 1.02. The van der Waals surface area contributed by atoms with Crippen LogP contribution in [0.1, 0.15) is 27.2 Å². The van der Waals surface area contributed by atoms with Crippen LogP contribution >= 0.6 is 15.9 Å². The number of halogens is 1. The minimum atomic E-state index is -0.644. The molecule has 0 aromatic heterocycles. The van der Waals surface area contributed by atoms with Gasteiger partial charge >= 0.3 is 5.97 Å². The summed E-state index contributed by atoms with van der Waals surface area (Å²) in [6.45, 7) is 5.08. The Morgan fingerprint density at radius 3 is 2.55 bits per heavy atom. The molecule has 0 aliphatic carbocycles. The zero-order valence-corrected chi connectivity index (χ0v) is 8.49. The minimum absolute atomic E-state index is 0.301. The number of hydrogen-bond donors (Lipinski definition) is 0. The third kappa shape index (κ3) is 4.05. The third-order valence-electron chi connectivity index (χ3n) is 1.36. The summed E-state index contributed by atoms with van der Waals surface area (Å²) < 4.78 is 4.98. The molecule has 0 rings (SSSR count). The van der Waals surface area contributed by atoms with E-state index in [4.69, 9.17) is 4.74 Å². The van der Waals surface area contributed by atoms with Gasteiger partial charge in [-0.1, -0.05) is 6.92 Å². The number of rotatable bonds is 2. The summed E-state index contributed by atoms with van der Waals surface area (Å²) in [5, 5.41) is 0. The van der Waals surface area contributed by atoms with E-state index >= 15 is 0 Å². The maximum Gasteiger partial charge on any atom is 0.304 e. The number of carbonyl (C=O) groups is 1. The van der Waals surface area contributed by atoms with Gasteiger partial charge in [0.05, 0.1) is 0 Å². The van der Waals surface area contributed by atoms with E-state index in [0.717, 1.165) is 0 Å². The Balaban J connectivity index is 4.30. The standard InChI is InChI=1S/C8H11BrO2/c1-4-8(3,5-6-9)11-7(2)10/h4H2,1-3H3. The van der Waals surface area contributed by atoms with E-state index in [1.165, 1.54) is 6.92 Å². The first-order valence-electron chi connectivity index (χ1n) is 3.36. The van der Waals surface area contributed by atoms with Crippen LogP contribution in [0.15, 0.2) is 0 Å². The van der Waals surface area contributed by atoms with Crippen molar-refractivity contribution in [2.24, 2.45) is 0 Å². The first-order valence-corrected chi connectivity index (χ1v) is 4.16. The van der Waals surface area contributed by atoms with Crippen molar-refractivity contribution < 1.29 is 9.53 Å². The summed E-state index contributed by atoms with van der Waals surface area (Å²) >= 11 is 2.96. The molecular weight excluding hydrogens is 208 g/mol. The molecule has 0 N–H and O–H groups in total. The van der Waals surface area contributed by atoms with Gasteiger partial charge in [-0.15, -0.1) is 0 Å². The van der Waals surface area contributed by atoms with Crippen molar-refractivity contribution in [2.45, 2.75) is 32.8 Å². The maximum absolute atomic E-state index is 10.6. The lowest BCUT2D eigenvalue weighted by Crippen LogP contribution is -2.27. The highest BCUT2D eigenvalue weighted by Gasteiger charge is 2.21. The molecule has 0 heterocycles. The van der Waals surface area contributed by atoms with Crippen LogP contribution in [0, 0.1) is 10.8 Å². The molecule has 0 aromatic rings. The lowest BCUT2D eigenvalue weighted by Gasteiger charge is -2.20. The van der Waals surface area contributed by atoms with Gasteiger partial charge in [-0.25, -0.2) is 0 Å². The van der Waals surface area contributed by atoms with Crippen molar-refractivity contribution in [3.63, 3.8) is 0 Å². The molecule has 2 nitrogen and oxygen atoms in total. The molecule has 62 valence electrons. The normalized spacial score (nSPS) is 14.2. The summed E-state index contributed by atoms with van der Waals surface area (Å²) in [5.41, 5.74) is -0.644. The molecule has 0 spiro atoms. The predicted molar refractivity (Wildman–Crippen MR) is 47.2 cm³/mol. The van der Waals surface area contributed by atoms with E-state index in [0.29, 0.717) is 6.42 Å². The average Bonchev–Trinajstić information content (AvgIpc) is 1.87. The van der Waals surface area contributed by atoms with Crippen LogP contribution in [-0.4, -0.2) is 11.6 Å². The Morgan fingerprint density at radius 2 is 2.27 bits per heavy atom. The van der Waals surface area contributed by atoms with E-state index in [1.807, 2.05) is 6.92 Å². The molecule has 0 fully saturated rings. The Hall–Kier alpha value is -0.490. The maximum atomic E-state index is 10.6. The molecule has 3 heteroatoms. The van der Waals surface area contributed by atoms with Crippen LogP contribution in [0.4, 0.5) is 0 Å². The number of carbonyl (C=O) groups excluding carboxylic acids is 1. The van der Waals surface area contributed by atoms with Gasteiger partial charge in [-0.3, -0.25) is 4.79 Å². The molecule has 0 amide bonds. The van der Waals surface area contributed by atoms with E-state index in [2.05, 4.69) is 26.7 Å². The molecule has 1 unspecified atom stereocenters. The van der Waals surface area contributed by atoms with Crippen molar-refractivity contribution in [3.05, 3.63) is 0 Å². The highest BCUT2D eigenvalue weighted by molar-refractivity contribution is 9.12. The molecule has 0 aliphatic rings. The summed E-state index contributed by atoms with van der Waals surface area (Å²) in [4.78, 5) is 13.1. The fourth-order valence-electron chi connectivity index (χ4n) is 0.603. The first-order chi connectivity index (χ1) is 5.04. The van der Waals surface area contributed by atoms with Crippen molar-refractivity contribution in [2.75, 3.05) is 0 Å². The topological polar surface area (TPSA) is 26.3 Å². The van der Waals surface area contributed by atoms with Gasteiger partial charge in [0.1, 0.15) is 0 Å². The third-order valence-corrected chi connectivity index (χ3v) is 1.55. The van der Waals surface area contributed by atoms with Crippen LogP contribution in [-0.2, 0) is 9.53 Å². The van der Waals surface area contributed by atoms with Crippen molar-refractivity contribution in [1.82, 2.24) is 0 Å². The Bertz CT molecular complexity index is 202. The van der Waals surface area contributed by atoms with E-state index in [1.54, 1.807) is 6.92 Å². The highest BCUT2D eigenvalue weighted by atomic mass is 79.9. The summed E-state index contributed by atoms with van der Waals surface area (Å²) in [5.74, 6) is 2.46. The zero-order valence-electron chi connectivity index (χ0n) is 6.90. The van der Waals surface area contributed by atoms with E-state index in [-0.39, 0.29) is 5.97 Å². The molecule has 0 saturated heterocycles. The van der Waals surface area contributed by atoms with Crippen LogP contribution in [0.25, 0.3) is 0 Å². The predicted octanol–water partition coefficient (Wildman–Crippen LogP) is 2.07. The number of ether oxygens (including phenoxy) is 1. The summed E-state index contributed by atoms with van der Waals surface area (Å²) in [6, 6.07) is 0. The largest absolute Gasteiger partial charge is 0.446 e. The Morgan fingerprint density at radius 1 is 1.73 bits per heavy atom. The second-order valence-electron chi connectivity index (χ2n) is 2.40. The summed E-state index contributed by atoms with van der Waals surface area (Å²) in [7, 11) is 0. The zero-order chi connectivity index (χ0) is 8.91. The smallest absolute Gasteiger partial charge is 0.304 e. The van der Waals surface area contributed by atoms with Crippen molar-refractivity contribution in [1.29, 1.82) is 0 Å². The molecule has 11 heavy (non-hydrogen) atoms. The van der Waals surface area contributed by atoms with Gasteiger partial charge in [-0.05, 0) is 24.1 Å². The number of hydrogen-bond acceptors (Lipinski definition) is 2. The molecule has 0 bridgehead atoms. The van der Waals surface area contributed by atoms with Gasteiger partial charge in [-0.2, -0.15) is 0 Å². The molecule has 0 radical (unpaired) electrons. The molecule has 0 aliphatic heterocycles. The quantitative estimate of drug-likeness (QED) is 0.525. The van der Waals surface area contributed by atoms with E-state index in [9.17, 15) is 4.79 Å². The van der Waals surface area contributed by atoms with Gasteiger partial charge in [0.2, 0.25) is 0 Å². The molecule has 1 atom stereocenters. The summed E-state index contributed by atoms with van der Waals surface area (Å²) in [6.07, 6.45) is 0.686. The van der Waals surface area contributed by atoms with Crippen molar-refractivity contribution >= 4 is 21.9 Å². The van der Waals surface area contributed by atoms with Crippen molar-refractivity contribution in [3.8, 4) is 10.8 Å². The van der Waals surface area contributed by atoms with Gasteiger partial charge in [0, 0.05) is 22.9 Å². The Labute approximate surface area is 75.4 Å². The van der Waals surface area contributed by atoms with Crippen LogP contribution in [0.3, 0.4) is 0 Å².